The molecule has 4 amide bonds. The number of imide groups is 1. The van der Waals surface area contributed by atoms with E-state index in [0.29, 0.717) is 23.7 Å². The van der Waals surface area contributed by atoms with E-state index in [-0.39, 0.29) is 5.69 Å². The van der Waals surface area contributed by atoms with Gasteiger partial charge in [0.1, 0.15) is 5.54 Å². The van der Waals surface area contributed by atoms with E-state index in [4.69, 9.17) is 0 Å². The molecule has 4 rings (SSSR count). The van der Waals surface area contributed by atoms with Gasteiger partial charge in [0.2, 0.25) is 0 Å². The van der Waals surface area contributed by atoms with Crippen LogP contribution in [0.4, 0.5) is 4.79 Å². The quantitative estimate of drug-likeness (QED) is 0.592. The molecule has 8 nitrogen and oxygen atoms in total. The molecule has 3 aromatic rings. The van der Waals surface area contributed by atoms with Crippen molar-refractivity contribution < 1.29 is 14.4 Å². The molecular weight excluding hydrogens is 358 g/mol. The van der Waals surface area contributed by atoms with E-state index in [2.05, 4.69) is 20.9 Å². The fraction of sp³-hybridized carbons (Fsp3) is 0.200. The SMILES string of the molecule is C[C@@]1(CCc2ccccc2)NC(=O)N(NC(=O)c2n[nH]c3ccccc23)C1=O. The molecule has 1 aromatic heterocycles. The number of H-pyrrole nitrogens is 1. The average Bonchev–Trinajstić information content (AvgIpc) is 3.22. The van der Waals surface area contributed by atoms with Crippen LogP contribution in [-0.2, 0) is 11.2 Å². The summed E-state index contributed by atoms with van der Waals surface area (Å²) in [6, 6.07) is 16.2. The van der Waals surface area contributed by atoms with Crippen molar-refractivity contribution in [2.75, 3.05) is 0 Å². The lowest BCUT2D eigenvalue weighted by Gasteiger charge is -2.21. The van der Waals surface area contributed by atoms with Gasteiger partial charge in [-0.1, -0.05) is 48.5 Å². The van der Waals surface area contributed by atoms with Crippen LogP contribution in [0.25, 0.3) is 10.9 Å². The molecule has 1 atom stereocenters. The van der Waals surface area contributed by atoms with Crippen molar-refractivity contribution in [3.8, 4) is 0 Å². The summed E-state index contributed by atoms with van der Waals surface area (Å²) in [4.78, 5) is 37.7. The third-order valence-electron chi connectivity index (χ3n) is 4.92. The minimum atomic E-state index is -1.09. The highest BCUT2D eigenvalue weighted by atomic mass is 16.2. The Bertz CT molecular complexity index is 1060. The van der Waals surface area contributed by atoms with Crippen LogP contribution in [-0.4, -0.2) is 38.6 Å². The van der Waals surface area contributed by atoms with E-state index in [1.165, 1.54) is 0 Å². The zero-order valence-electron chi connectivity index (χ0n) is 15.2. The van der Waals surface area contributed by atoms with Crippen molar-refractivity contribution in [1.82, 2.24) is 25.9 Å². The number of fused-ring (bicyclic) bond motifs is 1. The van der Waals surface area contributed by atoms with Gasteiger partial charge in [-0.25, -0.2) is 4.79 Å². The Hall–Kier alpha value is -3.68. The number of carbonyl (C=O) groups excluding carboxylic acids is 3. The van der Waals surface area contributed by atoms with Crippen molar-refractivity contribution in [3.05, 3.63) is 65.9 Å². The molecule has 2 heterocycles. The number of para-hydroxylation sites is 1. The lowest BCUT2D eigenvalue weighted by atomic mass is 9.93. The van der Waals surface area contributed by atoms with Crippen LogP contribution in [0.2, 0.25) is 0 Å². The maximum atomic E-state index is 12.8. The molecule has 1 fully saturated rings. The summed E-state index contributed by atoms with van der Waals surface area (Å²) in [6.07, 6.45) is 1.04. The van der Waals surface area contributed by atoms with Crippen molar-refractivity contribution in [3.63, 3.8) is 0 Å². The Balaban J connectivity index is 1.48. The first kappa shape index (κ1) is 17.7. The largest absolute Gasteiger partial charge is 0.344 e. The van der Waals surface area contributed by atoms with Gasteiger partial charge in [0.05, 0.1) is 5.52 Å². The van der Waals surface area contributed by atoms with Crippen molar-refractivity contribution in [2.24, 2.45) is 0 Å². The van der Waals surface area contributed by atoms with Gasteiger partial charge < -0.3 is 5.32 Å². The number of carbonyl (C=O) groups is 3. The average molecular weight is 377 g/mol. The maximum Gasteiger partial charge on any atom is 0.344 e. The number of aromatic nitrogens is 2. The zero-order chi connectivity index (χ0) is 19.7. The third-order valence-corrected chi connectivity index (χ3v) is 4.92. The molecule has 28 heavy (non-hydrogen) atoms. The Morgan fingerprint density at radius 2 is 1.82 bits per heavy atom. The predicted molar refractivity (Wildman–Crippen MR) is 102 cm³/mol. The van der Waals surface area contributed by atoms with Gasteiger partial charge in [-0.15, -0.1) is 0 Å². The minimum Gasteiger partial charge on any atom is -0.322 e. The summed E-state index contributed by atoms with van der Waals surface area (Å²) < 4.78 is 0. The van der Waals surface area contributed by atoms with E-state index in [9.17, 15) is 14.4 Å². The Kier molecular flexibility index (Phi) is 4.31. The van der Waals surface area contributed by atoms with Gasteiger partial charge in [-0.05, 0) is 31.4 Å². The topological polar surface area (TPSA) is 107 Å². The van der Waals surface area contributed by atoms with Gasteiger partial charge >= 0.3 is 6.03 Å². The molecular formula is C20H19N5O3. The monoisotopic (exact) mass is 377 g/mol. The highest BCUT2D eigenvalue weighted by molar-refractivity contribution is 6.11. The van der Waals surface area contributed by atoms with E-state index in [0.717, 1.165) is 10.6 Å². The molecule has 1 aliphatic heterocycles. The first-order valence-electron chi connectivity index (χ1n) is 8.93. The van der Waals surface area contributed by atoms with Gasteiger partial charge in [0.15, 0.2) is 5.69 Å². The highest BCUT2D eigenvalue weighted by Gasteiger charge is 2.48. The number of amides is 4. The fourth-order valence-electron chi connectivity index (χ4n) is 3.29. The van der Waals surface area contributed by atoms with E-state index >= 15 is 0 Å². The van der Waals surface area contributed by atoms with Gasteiger partial charge in [0.25, 0.3) is 11.8 Å². The summed E-state index contributed by atoms with van der Waals surface area (Å²) in [6.45, 7) is 1.66. The number of rotatable bonds is 5. The number of hydrogen-bond donors (Lipinski definition) is 3. The summed E-state index contributed by atoms with van der Waals surface area (Å²) in [5.74, 6) is -1.13. The molecule has 1 aliphatic rings. The molecule has 0 unspecified atom stereocenters. The van der Waals surface area contributed by atoms with Crippen LogP contribution in [0.3, 0.4) is 0 Å². The summed E-state index contributed by atoms with van der Waals surface area (Å²) in [7, 11) is 0. The standard InChI is InChI=1S/C20H19N5O3/c1-20(12-11-13-7-3-2-4-8-13)18(27)25(19(28)21-20)24-17(26)16-14-9-5-6-10-15(14)22-23-16/h2-10H,11-12H2,1H3,(H,21,28)(H,22,23)(H,24,26)/t20-/m0/s1. The van der Waals surface area contributed by atoms with Crippen LogP contribution < -0.4 is 10.7 Å². The normalized spacial score (nSPS) is 19.1. The molecule has 8 heteroatoms. The van der Waals surface area contributed by atoms with Crippen LogP contribution in [0.15, 0.2) is 54.6 Å². The molecule has 0 spiro atoms. The number of nitrogens with one attached hydrogen (secondary N) is 3. The van der Waals surface area contributed by atoms with E-state index < -0.39 is 23.4 Å². The first-order valence-corrected chi connectivity index (χ1v) is 8.93. The number of benzene rings is 2. The second kappa shape index (κ2) is 6.80. The number of aromatic amines is 1. The molecule has 1 saturated heterocycles. The fourth-order valence-corrected chi connectivity index (χ4v) is 3.29. The maximum absolute atomic E-state index is 12.8. The molecule has 142 valence electrons. The molecule has 0 saturated carbocycles. The minimum absolute atomic E-state index is 0.120. The second-order valence-electron chi connectivity index (χ2n) is 6.95. The predicted octanol–water partition coefficient (Wildman–Crippen LogP) is 2.15. The Morgan fingerprint density at radius 1 is 1.11 bits per heavy atom. The summed E-state index contributed by atoms with van der Waals surface area (Å²) >= 11 is 0. The smallest absolute Gasteiger partial charge is 0.322 e. The molecule has 0 bridgehead atoms. The van der Waals surface area contributed by atoms with Crippen LogP contribution >= 0.6 is 0 Å². The number of hydrazine groups is 1. The number of hydrogen-bond acceptors (Lipinski definition) is 4. The summed E-state index contributed by atoms with van der Waals surface area (Å²) in [5.41, 5.74) is 3.16. The van der Waals surface area contributed by atoms with Gasteiger partial charge in [-0.2, -0.15) is 10.1 Å². The van der Waals surface area contributed by atoms with Crippen molar-refractivity contribution in [2.45, 2.75) is 25.3 Å². The molecule has 2 aromatic carbocycles. The Labute approximate surface area is 160 Å². The highest BCUT2D eigenvalue weighted by Crippen LogP contribution is 2.23. The first-order chi connectivity index (χ1) is 13.5. The lowest BCUT2D eigenvalue weighted by Crippen LogP contribution is -2.49. The summed E-state index contributed by atoms with van der Waals surface area (Å²) in [5, 5.41) is 10.8. The number of nitrogens with zero attached hydrogens (tertiary/aromatic N) is 2. The van der Waals surface area contributed by atoms with Crippen molar-refractivity contribution >= 4 is 28.7 Å². The zero-order valence-corrected chi connectivity index (χ0v) is 15.2. The van der Waals surface area contributed by atoms with Crippen LogP contribution in [0.5, 0.6) is 0 Å². The molecule has 3 N–H and O–H groups in total. The van der Waals surface area contributed by atoms with Crippen LogP contribution in [0.1, 0.15) is 29.4 Å². The van der Waals surface area contributed by atoms with E-state index in [1.807, 2.05) is 36.4 Å². The molecule has 0 aliphatic carbocycles. The number of urea groups is 1. The van der Waals surface area contributed by atoms with E-state index in [1.54, 1.807) is 25.1 Å². The second-order valence-corrected chi connectivity index (χ2v) is 6.95. The van der Waals surface area contributed by atoms with Gasteiger partial charge in [0, 0.05) is 5.39 Å². The number of aryl methyl sites for hydroxylation is 1. The molecule has 0 radical (unpaired) electrons. The third kappa shape index (κ3) is 3.09. The van der Waals surface area contributed by atoms with Crippen molar-refractivity contribution in [1.29, 1.82) is 0 Å². The van der Waals surface area contributed by atoms with Gasteiger partial charge in [-0.3, -0.25) is 20.1 Å². The Morgan fingerprint density at radius 3 is 2.61 bits per heavy atom. The van der Waals surface area contributed by atoms with Crippen LogP contribution in [0, 0.1) is 0 Å². The lowest BCUT2D eigenvalue weighted by molar-refractivity contribution is -0.132.